The van der Waals surface area contributed by atoms with Gasteiger partial charge in [-0.05, 0) is 64.6 Å². The fraction of sp³-hybridized carbons (Fsp3) is 0.172. The van der Waals surface area contributed by atoms with Gasteiger partial charge in [0.15, 0.2) is 9.84 Å². The maximum atomic E-state index is 12.5. The molecule has 0 spiro atoms. The largest absolute Gasteiger partial charge is 0.345 e. The molecular formula is C29H28N2O3S. The summed E-state index contributed by atoms with van der Waals surface area (Å²) in [7, 11) is 0.148. The average Bonchev–Trinajstić information content (AvgIpc) is 2.87. The van der Waals surface area contributed by atoms with E-state index in [9.17, 15) is 13.2 Å². The summed E-state index contributed by atoms with van der Waals surface area (Å²) in [5.74, 6) is -0.145. The van der Waals surface area contributed by atoms with Crippen LogP contribution in [0.25, 0.3) is 11.1 Å². The highest BCUT2D eigenvalue weighted by atomic mass is 32.2. The number of aromatic nitrogens is 1. The molecule has 5 nitrogen and oxygen atoms in total. The summed E-state index contributed by atoms with van der Waals surface area (Å²) in [5, 5.41) is 0. The molecule has 1 amide bonds. The van der Waals surface area contributed by atoms with Gasteiger partial charge in [0, 0.05) is 44.2 Å². The van der Waals surface area contributed by atoms with Crippen molar-refractivity contribution in [2.24, 2.45) is 0 Å². The van der Waals surface area contributed by atoms with Gasteiger partial charge in [0.05, 0.1) is 4.90 Å². The Labute approximate surface area is 207 Å². The number of benzene rings is 3. The first kappa shape index (κ1) is 24.4. The number of hydrogen-bond acceptors (Lipinski definition) is 4. The summed E-state index contributed by atoms with van der Waals surface area (Å²) >= 11 is 0. The molecule has 0 saturated heterocycles. The molecular weight excluding hydrogens is 456 g/mol. The normalized spacial score (nSPS) is 12.2. The van der Waals surface area contributed by atoms with E-state index >= 15 is 0 Å². The minimum absolute atomic E-state index is 0.0462. The molecule has 0 aliphatic rings. The molecule has 0 aliphatic carbocycles. The van der Waals surface area contributed by atoms with Gasteiger partial charge in [-0.25, -0.2) is 8.42 Å². The van der Waals surface area contributed by atoms with Crippen LogP contribution in [0, 0.1) is 0 Å². The smallest absolute Gasteiger partial charge is 0.253 e. The molecule has 0 fully saturated rings. The summed E-state index contributed by atoms with van der Waals surface area (Å²) in [4.78, 5) is 18.7. The van der Waals surface area contributed by atoms with E-state index in [0.29, 0.717) is 16.9 Å². The third kappa shape index (κ3) is 5.66. The first-order chi connectivity index (χ1) is 16.7. The number of carbonyl (C=O) groups excluding carboxylic acids is 1. The minimum Gasteiger partial charge on any atom is -0.345 e. The van der Waals surface area contributed by atoms with Gasteiger partial charge in [0.2, 0.25) is 0 Å². The highest BCUT2D eigenvalue weighted by molar-refractivity contribution is 7.90. The molecule has 1 heterocycles. The van der Waals surface area contributed by atoms with Gasteiger partial charge >= 0.3 is 0 Å². The lowest BCUT2D eigenvalue weighted by Crippen LogP contribution is -2.21. The molecule has 4 aromatic rings. The number of sulfone groups is 1. The number of carbonyl (C=O) groups is 1. The van der Waals surface area contributed by atoms with E-state index in [4.69, 9.17) is 0 Å². The van der Waals surface area contributed by atoms with Gasteiger partial charge < -0.3 is 4.90 Å². The highest BCUT2D eigenvalue weighted by Crippen LogP contribution is 2.34. The molecule has 0 N–H and O–H groups in total. The van der Waals surface area contributed by atoms with Crippen LogP contribution in [0.1, 0.15) is 33.0 Å². The Hall–Kier alpha value is -3.77. The van der Waals surface area contributed by atoms with E-state index in [-0.39, 0.29) is 11.8 Å². The van der Waals surface area contributed by atoms with Gasteiger partial charge in [-0.1, -0.05) is 54.6 Å². The first-order valence-corrected chi connectivity index (χ1v) is 13.2. The van der Waals surface area contributed by atoms with Gasteiger partial charge in [0.25, 0.3) is 5.91 Å². The van der Waals surface area contributed by atoms with Crippen molar-refractivity contribution in [2.45, 2.75) is 17.2 Å². The highest BCUT2D eigenvalue weighted by Gasteiger charge is 2.20. The second-order valence-corrected chi connectivity index (χ2v) is 10.8. The van der Waals surface area contributed by atoms with Crippen molar-refractivity contribution in [1.82, 2.24) is 9.88 Å². The fourth-order valence-electron chi connectivity index (χ4n) is 4.25. The van der Waals surface area contributed by atoms with Crippen molar-refractivity contribution in [3.05, 3.63) is 120 Å². The first-order valence-electron chi connectivity index (χ1n) is 11.3. The van der Waals surface area contributed by atoms with Crippen molar-refractivity contribution in [3.63, 3.8) is 0 Å². The number of nitrogens with zero attached hydrogens (tertiary/aromatic N) is 2. The number of hydrogen-bond donors (Lipinski definition) is 0. The Morgan fingerprint density at radius 1 is 0.886 bits per heavy atom. The number of amides is 1. The van der Waals surface area contributed by atoms with Crippen molar-refractivity contribution in [3.8, 4) is 11.1 Å². The Balaban J connectivity index is 1.79. The van der Waals surface area contributed by atoms with Crippen LogP contribution >= 0.6 is 0 Å². The summed E-state index contributed by atoms with van der Waals surface area (Å²) in [6.07, 6.45) is 5.43. The summed E-state index contributed by atoms with van der Waals surface area (Å²) < 4.78 is 24.5. The van der Waals surface area contributed by atoms with Gasteiger partial charge in [-0.2, -0.15) is 0 Å². The van der Waals surface area contributed by atoms with E-state index in [1.165, 1.54) is 6.26 Å². The Morgan fingerprint density at radius 3 is 2.34 bits per heavy atom. The molecule has 1 unspecified atom stereocenters. The van der Waals surface area contributed by atoms with E-state index in [2.05, 4.69) is 17.1 Å². The number of pyridine rings is 1. The molecule has 35 heavy (non-hydrogen) atoms. The lowest BCUT2D eigenvalue weighted by molar-refractivity contribution is 0.0827. The lowest BCUT2D eigenvalue weighted by atomic mass is 9.84. The maximum absolute atomic E-state index is 12.5. The zero-order chi connectivity index (χ0) is 25.0. The Morgan fingerprint density at radius 2 is 1.63 bits per heavy atom. The average molecular weight is 485 g/mol. The SMILES string of the molecule is CN(C)C(=O)c1cccc(-c2ccccc2CC(c2cccnc2)c2cccc(S(C)(=O)=O)c2)c1. The van der Waals surface area contributed by atoms with Crippen LogP contribution < -0.4 is 0 Å². The topological polar surface area (TPSA) is 67.3 Å². The number of rotatable bonds is 7. The van der Waals surface area contributed by atoms with Crippen LogP contribution in [0.4, 0.5) is 0 Å². The molecule has 1 aromatic heterocycles. The van der Waals surface area contributed by atoms with Crippen molar-refractivity contribution in [1.29, 1.82) is 0 Å². The third-order valence-corrected chi connectivity index (χ3v) is 7.15. The van der Waals surface area contributed by atoms with Crippen molar-refractivity contribution >= 4 is 15.7 Å². The van der Waals surface area contributed by atoms with E-state index < -0.39 is 9.84 Å². The molecule has 178 valence electrons. The molecule has 0 aliphatic heterocycles. The standard InChI is InChI=1S/C29H28N2O3S/c1-31(2)29(32)24-12-6-10-21(17-24)27-15-5-4-9-23(27)19-28(25-13-8-16-30-20-25)22-11-7-14-26(18-22)35(3,33)34/h4-18,20,28H,19H2,1-3H3. The maximum Gasteiger partial charge on any atom is 0.253 e. The zero-order valence-electron chi connectivity index (χ0n) is 20.0. The van der Waals surface area contributed by atoms with Crippen molar-refractivity contribution in [2.75, 3.05) is 20.4 Å². The Kier molecular flexibility index (Phi) is 7.12. The van der Waals surface area contributed by atoms with Crippen LogP contribution in [-0.2, 0) is 16.3 Å². The van der Waals surface area contributed by atoms with Gasteiger partial charge in [-0.15, -0.1) is 0 Å². The van der Waals surface area contributed by atoms with E-state index in [1.54, 1.807) is 43.4 Å². The monoisotopic (exact) mass is 484 g/mol. The summed E-state index contributed by atoms with van der Waals surface area (Å²) in [5.41, 5.74) is 5.64. The third-order valence-electron chi connectivity index (χ3n) is 6.04. The van der Waals surface area contributed by atoms with Crippen LogP contribution in [0.5, 0.6) is 0 Å². The van der Waals surface area contributed by atoms with E-state index in [1.807, 2.05) is 60.8 Å². The predicted molar refractivity (Wildman–Crippen MR) is 139 cm³/mol. The molecule has 3 aromatic carbocycles. The van der Waals surface area contributed by atoms with Crippen LogP contribution in [-0.4, -0.2) is 44.6 Å². The van der Waals surface area contributed by atoms with Crippen molar-refractivity contribution < 1.29 is 13.2 Å². The lowest BCUT2D eigenvalue weighted by Gasteiger charge is -2.21. The summed E-state index contributed by atoms with van der Waals surface area (Å²) in [6, 6.07) is 26.8. The molecule has 0 bridgehead atoms. The van der Waals surface area contributed by atoms with Crippen LogP contribution in [0.3, 0.4) is 0 Å². The van der Waals surface area contributed by atoms with E-state index in [0.717, 1.165) is 27.8 Å². The van der Waals surface area contributed by atoms with Gasteiger partial charge in [-0.3, -0.25) is 9.78 Å². The van der Waals surface area contributed by atoms with Crippen LogP contribution in [0.2, 0.25) is 0 Å². The quantitative estimate of drug-likeness (QED) is 0.360. The molecule has 1 atom stereocenters. The van der Waals surface area contributed by atoms with Gasteiger partial charge in [0.1, 0.15) is 0 Å². The molecule has 4 rings (SSSR count). The summed E-state index contributed by atoms with van der Waals surface area (Å²) in [6.45, 7) is 0. The Bertz CT molecular complexity index is 1450. The fourth-order valence-corrected chi connectivity index (χ4v) is 4.93. The second-order valence-electron chi connectivity index (χ2n) is 8.83. The second kappa shape index (κ2) is 10.2. The molecule has 0 saturated carbocycles. The molecule has 6 heteroatoms. The minimum atomic E-state index is -3.34. The van der Waals surface area contributed by atoms with Crippen LogP contribution in [0.15, 0.2) is 102 Å². The predicted octanol–water partition coefficient (Wildman–Crippen LogP) is 5.23. The zero-order valence-corrected chi connectivity index (χ0v) is 20.9. The molecule has 0 radical (unpaired) electrons.